The number of hydrogen-bond donors (Lipinski definition) is 1. The Morgan fingerprint density at radius 3 is 2.93 bits per heavy atom. The fourth-order valence-corrected chi connectivity index (χ4v) is 0.999. The predicted octanol–water partition coefficient (Wildman–Crippen LogP) is 0.176. The van der Waals surface area contributed by atoms with E-state index in [9.17, 15) is 9.59 Å². The minimum Gasteiger partial charge on any atom is -0.476 e. The van der Waals surface area contributed by atoms with E-state index in [4.69, 9.17) is 9.84 Å². The maximum Gasteiger partial charge on any atom is 0.355 e. The maximum absolute atomic E-state index is 10.7. The first-order valence-electron chi connectivity index (χ1n) is 4.22. The van der Waals surface area contributed by atoms with Gasteiger partial charge in [-0.05, 0) is 0 Å². The van der Waals surface area contributed by atoms with E-state index in [2.05, 4.69) is 9.97 Å². The van der Waals surface area contributed by atoms with Crippen LogP contribution in [0.2, 0.25) is 0 Å². The molecule has 0 atom stereocenters. The van der Waals surface area contributed by atoms with Crippen molar-refractivity contribution in [3.63, 3.8) is 0 Å². The lowest BCUT2D eigenvalue weighted by atomic mass is 10.2. The molecule has 6 heteroatoms. The van der Waals surface area contributed by atoms with Gasteiger partial charge in [-0.25, -0.2) is 14.8 Å². The maximum atomic E-state index is 10.7. The van der Waals surface area contributed by atoms with Crippen molar-refractivity contribution in [3.8, 4) is 0 Å². The van der Waals surface area contributed by atoms with Crippen LogP contribution in [0.15, 0.2) is 6.20 Å². The predicted molar refractivity (Wildman–Crippen MR) is 50.0 cm³/mol. The number of aromatic carboxylic acids is 1. The molecular weight excluding hydrogens is 200 g/mol. The van der Waals surface area contributed by atoms with Crippen molar-refractivity contribution in [3.05, 3.63) is 23.3 Å². The lowest BCUT2D eigenvalue weighted by Gasteiger charge is -2.02. The Morgan fingerprint density at radius 2 is 2.40 bits per heavy atom. The summed E-state index contributed by atoms with van der Waals surface area (Å²) in [7, 11) is 1.53. The van der Waals surface area contributed by atoms with E-state index < -0.39 is 5.97 Å². The Hall–Kier alpha value is -1.82. The van der Waals surface area contributed by atoms with Crippen molar-refractivity contribution in [2.24, 2.45) is 0 Å². The van der Waals surface area contributed by atoms with Gasteiger partial charge in [0.1, 0.15) is 5.82 Å². The van der Waals surface area contributed by atoms with E-state index in [0.717, 1.165) is 0 Å². The Morgan fingerprint density at radius 1 is 1.67 bits per heavy atom. The number of carboxylic acid groups (broad SMARTS) is 1. The van der Waals surface area contributed by atoms with Crippen molar-refractivity contribution in [1.29, 1.82) is 0 Å². The van der Waals surface area contributed by atoms with E-state index >= 15 is 0 Å². The van der Waals surface area contributed by atoms with Crippen LogP contribution in [0.5, 0.6) is 0 Å². The smallest absolute Gasteiger partial charge is 0.355 e. The number of aldehydes is 1. The highest BCUT2D eigenvalue weighted by Gasteiger charge is 2.13. The molecular formula is C9H10N2O4. The number of methoxy groups -OCH3 is 1. The van der Waals surface area contributed by atoms with Crippen molar-refractivity contribution in [1.82, 2.24) is 9.97 Å². The molecule has 0 spiro atoms. The Bertz CT molecular complexity index is 378. The van der Waals surface area contributed by atoms with Gasteiger partial charge in [0.05, 0.1) is 12.2 Å². The zero-order valence-electron chi connectivity index (χ0n) is 8.14. The molecule has 0 aliphatic heterocycles. The van der Waals surface area contributed by atoms with Crippen LogP contribution >= 0.6 is 0 Å². The number of rotatable bonds is 5. The number of aromatic nitrogens is 2. The van der Waals surface area contributed by atoms with Crippen LogP contribution in [-0.4, -0.2) is 41.0 Å². The highest BCUT2D eigenvalue weighted by molar-refractivity contribution is 5.94. The van der Waals surface area contributed by atoms with Crippen LogP contribution in [0.25, 0.3) is 0 Å². The summed E-state index contributed by atoms with van der Waals surface area (Å²) in [6, 6.07) is 0. The molecule has 0 aliphatic carbocycles. The lowest BCUT2D eigenvalue weighted by Crippen LogP contribution is -2.10. The first-order valence-corrected chi connectivity index (χ1v) is 4.22. The number of carbonyl (C=O) groups is 2. The summed E-state index contributed by atoms with van der Waals surface area (Å²) in [6.07, 6.45) is 2.04. The molecule has 15 heavy (non-hydrogen) atoms. The standard InChI is InChI=1S/C9H10N2O4/c1-15-3-2-7-10-4-6(5-12)8(11-7)9(13)14/h4-5H,2-3H2,1H3,(H,13,14). The largest absolute Gasteiger partial charge is 0.476 e. The van der Waals surface area contributed by atoms with E-state index in [1.807, 2.05) is 0 Å². The van der Waals surface area contributed by atoms with Gasteiger partial charge in [-0.3, -0.25) is 4.79 Å². The van der Waals surface area contributed by atoms with Crippen LogP contribution in [0.4, 0.5) is 0 Å². The molecule has 0 amide bonds. The van der Waals surface area contributed by atoms with Gasteiger partial charge in [-0.1, -0.05) is 0 Å². The topological polar surface area (TPSA) is 89.4 Å². The SMILES string of the molecule is COCCc1ncc(C=O)c(C(=O)O)n1. The highest BCUT2D eigenvalue weighted by atomic mass is 16.5. The molecule has 0 aromatic carbocycles. The summed E-state index contributed by atoms with van der Waals surface area (Å²) >= 11 is 0. The van der Waals surface area contributed by atoms with Crippen LogP contribution in [0.3, 0.4) is 0 Å². The van der Waals surface area contributed by atoms with Crippen molar-refractivity contribution in [2.45, 2.75) is 6.42 Å². The van der Waals surface area contributed by atoms with Crippen LogP contribution < -0.4 is 0 Å². The molecule has 0 unspecified atom stereocenters. The average molecular weight is 210 g/mol. The third-order valence-electron chi connectivity index (χ3n) is 1.73. The zero-order chi connectivity index (χ0) is 11.3. The van der Waals surface area contributed by atoms with Gasteiger partial charge in [-0.15, -0.1) is 0 Å². The minimum absolute atomic E-state index is 0.0244. The van der Waals surface area contributed by atoms with E-state index in [1.54, 1.807) is 0 Å². The quantitative estimate of drug-likeness (QED) is 0.697. The van der Waals surface area contributed by atoms with Gasteiger partial charge in [0.15, 0.2) is 12.0 Å². The van der Waals surface area contributed by atoms with Crippen molar-refractivity contribution < 1.29 is 19.4 Å². The van der Waals surface area contributed by atoms with Gasteiger partial charge in [0, 0.05) is 19.7 Å². The summed E-state index contributed by atoms with van der Waals surface area (Å²) in [5, 5.41) is 8.77. The first-order chi connectivity index (χ1) is 7.19. The molecule has 0 saturated carbocycles. The van der Waals surface area contributed by atoms with Gasteiger partial charge in [0.25, 0.3) is 0 Å². The molecule has 6 nitrogen and oxygen atoms in total. The molecule has 1 rings (SSSR count). The number of carbonyl (C=O) groups excluding carboxylic acids is 1. The highest BCUT2D eigenvalue weighted by Crippen LogP contribution is 2.03. The van der Waals surface area contributed by atoms with Crippen molar-refractivity contribution >= 4 is 12.3 Å². The molecule has 1 aromatic heterocycles. The van der Waals surface area contributed by atoms with Gasteiger partial charge < -0.3 is 9.84 Å². The summed E-state index contributed by atoms with van der Waals surface area (Å²) in [4.78, 5) is 28.8. The molecule has 1 heterocycles. The molecule has 0 saturated heterocycles. The van der Waals surface area contributed by atoms with Gasteiger partial charge >= 0.3 is 5.97 Å². The second kappa shape index (κ2) is 5.16. The molecule has 0 bridgehead atoms. The van der Waals surface area contributed by atoms with E-state index in [1.165, 1.54) is 13.3 Å². The van der Waals surface area contributed by atoms with Crippen LogP contribution in [0, 0.1) is 0 Å². The normalized spacial score (nSPS) is 9.93. The van der Waals surface area contributed by atoms with Gasteiger partial charge in [-0.2, -0.15) is 0 Å². The van der Waals surface area contributed by atoms with E-state index in [-0.39, 0.29) is 11.3 Å². The third kappa shape index (κ3) is 2.81. The molecule has 0 aliphatic rings. The molecule has 0 radical (unpaired) electrons. The fourth-order valence-electron chi connectivity index (χ4n) is 0.999. The van der Waals surface area contributed by atoms with Crippen molar-refractivity contribution in [2.75, 3.05) is 13.7 Å². The second-order valence-electron chi connectivity index (χ2n) is 2.76. The number of nitrogens with zero attached hydrogens (tertiary/aromatic N) is 2. The van der Waals surface area contributed by atoms with E-state index in [0.29, 0.717) is 25.1 Å². The minimum atomic E-state index is -1.24. The Balaban J connectivity index is 2.99. The Labute approximate surface area is 85.9 Å². The first kappa shape index (κ1) is 11.3. The summed E-state index contributed by atoms with van der Waals surface area (Å²) in [6.45, 7) is 0.402. The van der Waals surface area contributed by atoms with Gasteiger partial charge in [0.2, 0.25) is 0 Å². The fraction of sp³-hybridized carbons (Fsp3) is 0.333. The molecule has 80 valence electrons. The molecule has 1 aromatic rings. The lowest BCUT2D eigenvalue weighted by molar-refractivity contribution is 0.0686. The monoisotopic (exact) mass is 210 g/mol. The van der Waals surface area contributed by atoms with Crippen LogP contribution in [-0.2, 0) is 11.2 Å². The summed E-state index contributed by atoms with van der Waals surface area (Å²) < 4.78 is 4.81. The summed E-state index contributed by atoms with van der Waals surface area (Å²) in [5.74, 6) is -0.891. The number of carboxylic acids is 1. The zero-order valence-corrected chi connectivity index (χ0v) is 8.14. The summed E-state index contributed by atoms with van der Waals surface area (Å²) in [5.41, 5.74) is -0.297. The third-order valence-corrected chi connectivity index (χ3v) is 1.73. The number of hydrogen-bond acceptors (Lipinski definition) is 5. The second-order valence-corrected chi connectivity index (χ2v) is 2.76. The average Bonchev–Trinajstić information content (AvgIpc) is 2.25. The Kier molecular flexibility index (Phi) is 3.87. The van der Waals surface area contributed by atoms with Crippen LogP contribution in [0.1, 0.15) is 26.7 Å². The number of ether oxygens (including phenoxy) is 1. The molecule has 1 N–H and O–H groups in total. The molecule has 0 fully saturated rings.